The van der Waals surface area contributed by atoms with Gasteiger partial charge in [0.2, 0.25) is 10.0 Å². The molecule has 3 aromatic carbocycles. The fourth-order valence-electron chi connectivity index (χ4n) is 6.78. The van der Waals surface area contributed by atoms with Crippen LogP contribution < -0.4 is 20.5 Å². The maximum Gasteiger partial charge on any atom is 0.246 e. The van der Waals surface area contributed by atoms with Gasteiger partial charge in [-0.1, -0.05) is 36.4 Å². The van der Waals surface area contributed by atoms with Crippen molar-refractivity contribution >= 4 is 19.9 Å². The highest BCUT2D eigenvalue weighted by molar-refractivity contribution is 7.93. The largest absolute Gasteiger partial charge is 0.492 e. The van der Waals surface area contributed by atoms with Gasteiger partial charge in [0.1, 0.15) is 29.1 Å². The summed E-state index contributed by atoms with van der Waals surface area (Å²) in [6.45, 7) is 3.42. The van der Waals surface area contributed by atoms with Crippen LogP contribution in [0.3, 0.4) is 0 Å². The lowest BCUT2D eigenvalue weighted by molar-refractivity contribution is -0.0312. The Morgan fingerprint density at radius 3 is 2.36 bits per heavy atom. The molecule has 2 heterocycles. The average molecular weight is 730 g/mol. The van der Waals surface area contributed by atoms with E-state index < -0.39 is 42.9 Å². The first-order chi connectivity index (χ1) is 23.9. The van der Waals surface area contributed by atoms with Gasteiger partial charge in [0.05, 0.1) is 35.1 Å². The van der Waals surface area contributed by atoms with Gasteiger partial charge in [0, 0.05) is 32.2 Å². The standard InChI is InChI=1S/C36H47N3O9S2/c1-2-46-33-11-10-28(27-8-6-26(21-37)7-9-27)18-34(33)50(44,45)39-16-14-35(15-17-39)20-29(23-48-35)38-22-30(41)24-47-31-4-3-5-32(19-31)49(42,43)36(25-40)12-13-36/h3-11,18-19,29-30,38,40-41H,2,12-17,20-25,37H2,1H3/t29-,30?/m1/s1. The van der Waals surface area contributed by atoms with Crippen molar-refractivity contribution in [1.82, 2.24) is 9.62 Å². The van der Waals surface area contributed by atoms with Crippen molar-refractivity contribution < 1.29 is 41.3 Å². The second kappa shape index (κ2) is 14.9. The van der Waals surface area contributed by atoms with E-state index in [9.17, 15) is 27.0 Å². The minimum Gasteiger partial charge on any atom is -0.492 e. The molecule has 3 aliphatic rings. The Morgan fingerprint density at radius 2 is 1.70 bits per heavy atom. The van der Waals surface area contributed by atoms with Crippen molar-refractivity contribution in [3.8, 4) is 22.6 Å². The Kier molecular flexibility index (Phi) is 10.9. The van der Waals surface area contributed by atoms with Crippen LogP contribution in [0.5, 0.6) is 11.5 Å². The number of hydrogen-bond acceptors (Lipinski definition) is 11. The molecule has 2 atom stereocenters. The third-order valence-electron chi connectivity index (χ3n) is 10.1. The summed E-state index contributed by atoms with van der Waals surface area (Å²) in [5.74, 6) is 0.648. The first-order valence-corrected chi connectivity index (χ1v) is 20.1. The fraction of sp³-hybridized carbons (Fsp3) is 0.500. The van der Waals surface area contributed by atoms with Gasteiger partial charge in [0.15, 0.2) is 9.84 Å². The van der Waals surface area contributed by atoms with Gasteiger partial charge >= 0.3 is 0 Å². The second-order valence-electron chi connectivity index (χ2n) is 13.5. The lowest BCUT2D eigenvalue weighted by Crippen LogP contribution is -2.47. The molecule has 1 saturated carbocycles. The van der Waals surface area contributed by atoms with Gasteiger partial charge in [-0.05, 0) is 86.1 Å². The van der Waals surface area contributed by atoms with Gasteiger partial charge in [-0.2, -0.15) is 4.31 Å². The number of ether oxygens (including phenoxy) is 3. The molecule has 14 heteroatoms. The number of sulfonamides is 1. The Hall–Kier alpha value is -3.08. The summed E-state index contributed by atoms with van der Waals surface area (Å²) in [6, 6.07) is 19.1. The lowest BCUT2D eigenvalue weighted by atomic mass is 9.88. The van der Waals surface area contributed by atoms with Crippen molar-refractivity contribution in [3.05, 3.63) is 72.3 Å². The number of aliphatic hydroxyl groups is 2. The summed E-state index contributed by atoms with van der Waals surface area (Å²) >= 11 is 0. The van der Waals surface area contributed by atoms with Crippen LogP contribution >= 0.6 is 0 Å². The monoisotopic (exact) mass is 729 g/mol. The van der Waals surface area contributed by atoms with E-state index >= 15 is 0 Å². The molecule has 1 spiro atoms. The van der Waals surface area contributed by atoms with E-state index in [2.05, 4.69) is 5.32 Å². The Labute approximate surface area is 294 Å². The number of benzene rings is 3. The summed E-state index contributed by atoms with van der Waals surface area (Å²) in [4.78, 5) is 0.239. The van der Waals surface area contributed by atoms with Gasteiger partial charge in [-0.25, -0.2) is 16.8 Å². The molecular weight excluding hydrogens is 683 g/mol. The predicted molar refractivity (Wildman–Crippen MR) is 188 cm³/mol. The highest BCUT2D eigenvalue weighted by atomic mass is 32.2. The van der Waals surface area contributed by atoms with Crippen LogP contribution in [0.1, 0.15) is 44.6 Å². The van der Waals surface area contributed by atoms with Crippen LogP contribution in [0.15, 0.2) is 76.5 Å². The number of hydrogen-bond donors (Lipinski definition) is 4. The van der Waals surface area contributed by atoms with E-state index in [1.165, 1.54) is 16.4 Å². The van der Waals surface area contributed by atoms with Crippen LogP contribution in [-0.4, -0.2) is 99.9 Å². The highest BCUT2D eigenvalue weighted by Gasteiger charge is 2.54. The molecule has 50 heavy (non-hydrogen) atoms. The van der Waals surface area contributed by atoms with E-state index in [-0.39, 0.29) is 29.0 Å². The minimum absolute atomic E-state index is 0.0265. The Balaban J connectivity index is 1.01. The molecule has 2 saturated heterocycles. The van der Waals surface area contributed by atoms with E-state index in [1.807, 2.05) is 37.3 Å². The predicted octanol–water partition coefficient (Wildman–Crippen LogP) is 2.85. The summed E-state index contributed by atoms with van der Waals surface area (Å²) in [6.07, 6.45) is 1.76. The normalized spacial score (nSPS) is 20.8. The second-order valence-corrected chi connectivity index (χ2v) is 17.7. The first kappa shape index (κ1) is 36.7. The number of nitrogens with one attached hydrogen (secondary N) is 1. The molecule has 1 aliphatic carbocycles. The van der Waals surface area contributed by atoms with E-state index in [0.29, 0.717) is 76.5 Å². The lowest BCUT2D eigenvalue weighted by Gasteiger charge is -2.38. The molecule has 6 rings (SSSR count). The zero-order chi connectivity index (χ0) is 35.6. The summed E-state index contributed by atoms with van der Waals surface area (Å²) in [5, 5.41) is 23.6. The van der Waals surface area contributed by atoms with Gasteiger partial charge in [-0.15, -0.1) is 0 Å². The number of nitrogens with zero attached hydrogens (tertiary/aromatic N) is 1. The van der Waals surface area contributed by atoms with Crippen molar-refractivity contribution in [1.29, 1.82) is 0 Å². The van der Waals surface area contributed by atoms with E-state index in [0.717, 1.165) is 16.7 Å². The molecule has 5 N–H and O–H groups in total. The van der Waals surface area contributed by atoms with Crippen LogP contribution in [0.2, 0.25) is 0 Å². The van der Waals surface area contributed by atoms with Crippen molar-refractivity contribution in [3.63, 3.8) is 0 Å². The molecule has 1 unspecified atom stereocenters. The van der Waals surface area contributed by atoms with Crippen LogP contribution in [-0.2, 0) is 31.1 Å². The molecule has 272 valence electrons. The Bertz CT molecular complexity index is 1860. The first-order valence-electron chi connectivity index (χ1n) is 17.1. The molecule has 12 nitrogen and oxygen atoms in total. The third-order valence-corrected chi connectivity index (χ3v) is 14.6. The van der Waals surface area contributed by atoms with Crippen molar-refractivity contribution in [2.75, 3.05) is 46.1 Å². The number of piperidine rings is 1. The molecule has 0 radical (unpaired) electrons. The Morgan fingerprint density at radius 1 is 0.980 bits per heavy atom. The van der Waals surface area contributed by atoms with E-state index in [4.69, 9.17) is 19.9 Å². The van der Waals surface area contributed by atoms with Gasteiger partial charge in [-0.3, -0.25) is 0 Å². The van der Waals surface area contributed by atoms with Gasteiger partial charge < -0.3 is 35.5 Å². The third kappa shape index (κ3) is 7.58. The number of nitrogens with two attached hydrogens (primary N) is 1. The fourth-order valence-corrected chi connectivity index (χ4v) is 10.2. The van der Waals surface area contributed by atoms with Crippen LogP contribution in [0.25, 0.3) is 11.1 Å². The van der Waals surface area contributed by atoms with E-state index in [1.54, 1.807) is 24.3 Å². The smallest absolute Gasteiger partial charge is 0.246 e. The molecule has 0 bridgehead atoms. The minimum atomic E-state index is -3.86. The van der Waals surface area contributed by atoms with Crippen molar-refractivity contribution in [2.45, 2.75) is 77.9 Å². The maximum atomic E-state index is 14.0. The maximum absolute atomic E-state index is 14.0. The zero-order valence-corrected chi connectivity index (χ0v) is 29.9. The van der Waals surface area contributed by atoms with Gasteiger partial charge in [0.25, 0.3) is 0 Å². The van der Waals surface area contributed by atoms with Crippen LogP contribution in [0, 0.1) is 0 Å². The SMILES string of the molecule is CCOc1ccc(-c2ccc(CN)cc2)cc1S(=O)(=O)N1CCC2(CC1)C[C@@H](NCC(O)COc1cccc(S(=O)(=O)C3(CO)CC3)c1)CO2. The quantitative estimate of drug-likeness (QED) is 0.181. The number of rotatable bonds is 15. The number of sulfone groups is 1. The number of aliphatic hydroxyl groups excluding tert-OH is 2. The molecule has 0 aromatic heterocycles. The summed E-state index contributed by atoms with van der Waals surface area (Å²) < 4.78 is 72.0. The molecule has 3 fully saturated rings. The zero-order valence-electron chi connectivity index (χ0n) is 28.3. The summed E-state index contributed by atoms with van der Waals surface area (Å²) in [7, 11) is -7.54. The molecule has 0 amide bonds. The average Bonchev–Trinajstić information content (AvgIpc) is 3.86. The highest BCUT2D eigenvalue weighted by Crippen LogP contribution is 2.46. The van der Waals surface area contributed by atoms with Crippen LogP contribution in [0.4, 0.5) is 0 Å². The summed E-state index contributed by atoms with van der Waals surface area (Å²) in [5.41, 5.74) is 7.94. The molecule has 2 aliphatic heterocycles. The topological polar surface area (TPSA) is 178 Å². The molecule has 3 aromatic rings. The molecular formula is C36H47N3O9S2. The van der Waals surface area contributed by atoms with Crippen molar-refractivity contribution in [2.24, 2.45) is 5.73 Å².